The van der Waals surface area contributed by atoms with Crippen molar-refractivity contribution in [3.8, 4) is 0 Å². The lowest BCUT2D eigenvalue weighted by atomic mass is 10.1. The number of thioether (sulfide) groups is 1. The number of hydrogen-bond donors (Lipinski definition) is 2. The van der Waals surface area contributed by atoms with Crippen LogP contribution in [-0.2, 0) is 0 Å². The second kappa shape index (κ2) is 6.71. The monoisotopic (exact) mass is 379 g/mol. The molecule has 140 valence electrons. The lowest BCUT2D eigenvalue weighted by Gasteiger charge is -2.37. The quantitative estimate of drug-likeness (QED) is 0.832. The zero-order chi connectivity index (χ0) is 19.3. The first kappa shape index (κ1) is 18.1. The molecule has 2 aromatic rings. The molecular formula is C21H25N5S. The van der Waals surface area contributed by atoms with Gasteiger partial charge in [-0.25, -0.2) is 4.99 Å². The summed E-state index contributed by atoms with van der Waals surface area (Å²) in [5, 5.41) is 0.901. The summed E-state index contributed by atoms with van der Waals surface area (Å²) < 4.78 is 0. The molecule has 2 unspecified atom stereocenters. The molecule has 0 spiro atoms. The average molecular weight is 380 g/mol. The normalized spacial score (nSPS) is 21.9. The Labute approximate surface area is 164 Å². The highest BCUT2D eigenvalue weighted by molar-refractivity contribution is 8.04. The second-order valence-electron chi connectivity index (χ2n) is 7.17. The smallest absolute Gasteiger partial charge is 0.136 e. The van der Waals surface area contributed by atoms with E-state index in [4.69, 9.17) is 11.5 Å². The van der Waals surface area contributed by atoms with Crippen molar-refractivity contribution in [1.29, 1.82) is 0 Å². The van der Waals surface area contributed by atoms with Gasteiger partial charge in [-0.2, -0.15) is 0 Å². The molecule has 4 rings (SSSR count). The van der Waals surface area contributed by atoms with Gasteiger partial charge in [0.2, 0.25) is 0 Å². The van der Waals surface area contributed by atoms with Crippen molar-refractivity contribution < 1.29 is 0 Å². The molecule has 0 saturated heterocycles. The van der Waals surface area contributed by atoms with E-state index in [2.05, 4.69) is 74.0 Å². The summed E-state index contributed by atoms with van der Waals surface area (Å²) in [7, 11) is 0. The first-order valence-electron chi connectivity index (χ1n) is 9.05. The van der Waals surface area contributed by atoms with Gasteiger partial charge in [-0.15, -0.1) is 0 Å². The van der Waals surface area contributed by atoms with Crippen LogP contribution >= 0.6 is 11.8 Å². The number of benzene rings is 2. The lowest BCUT2D eigenvalue weighted by molar-refractivity contribution is 0.721. The fraction of sp³-hybridized carbons (Fsp3) is 0.286. The van der Waals surface area contributed by atoms with Crippen molar-refractivity contribution in [3.63, 3.8) is 0 Å². The molecule has 2 aliphatic heterocycles. The molecule has 0 aromatic heterocycles. The van der Waals surface area contributed by atoms with Crippen LogP contribution in [0.15, 0.2) is 52.1 Å². The molecule has 2 atom stereocenters. The van der Waals surface area contributed by atoms with Crippen LogP contribution in [0, 0.1) is 27.7 Å². The number of para-hydroxylation sites is 1. The Morgan fingerprint density at radius 2 is 1.63 bits per heavy atom. The summed E-state index contributed by atoms with van der Waals surface area (Å²) in [6.07, 6.45) is 1.47. The van der Waals surface area contributed by atoms with Crippen LogP contribution in [0.3, 0.4) is 0 Å². The number of aliphatic imine (C=N–C) groups is 1. The fourth-order valence-corrected chi connectivity index (χ4v) is 4.70. The molecule has 0 fully saturated rings. The Balaban J connectivity index is 1.77. The number of anilines is 2. The number of hydrogen-bond acceptors (Lipinski definition) is 6. The highest BCUT2D eigenvalue weighted by Gasteiger charge is 2.40. The van der Waals surface area contributed by atoms with Crippen LogP contribution < -0.4 is 21.3 Å². The number of rotatable bonds is 2. The van der Waals surface area contributed by atoms with Crippen LogP contribution in [0.5, 0.6) is 0 Å². The van der Waals surface area contributed by atoms with Gasteiger partial charge in [-0.05, 0) is 62.1 Å². The summed E-state index contributed by atoms with van der Waals surface area (Å²) in [4.78, 5) is 8.85. The van der Waals surface area contributed by atoms with Crippen LogP contribution in [-0.4, -0.2) is 18.0 Å². The fourth-order valence-electron chi connectivity index (χ4n) is 3.70. The van der Waals surface area contributed by atoms with Gasteiger partial charge in [0.1, 0.15) is 16.7 Å². The standard InChI is InChI=1S/C21H25N5S/c1-12-8-9-16(10-15(12)4)25-11-24-20-18(19(25)22)26(21(23)27-20)17-13(2)6-5-7-14(17)3/h5-11,19,21H,22-23H2,1-4H3. The summed E-state index contributed by atoms with van der Waals surface area (Å²) in [6.45, 7) is 8.44. The first-order valence-corrected chi connectivity index (χ1v) is 9.93. The maximum Gasteiger partial charge on any atom is 0.136 e. The first-order chi connectivity index (χ1) is 12.9. The zero-order valence-corrected chi connectivity index (χ0v) is 16.9. The van der Waals surface area contributed by atoms with Crippen molar-refractivity contribution >= 4 is 29.5 Å². The van der Waals surface area contributed by atoms with E-state index in [1.54, 1.807) is 11.8 Å². The maximum atomic E-state index is 6.74. The molecule has 5 nitrogen and oxygen atoms in total. The number of nitrogens with zero attached hydrogens (tertiary/aromatic N) is 3. The molecule has 27 heavy (non-hydrogen) atoms. The predicted octanol–water partition coefficient (Wildman–Crippen LogP) is 3.72. The number of nitrogens with two attached hydrogens (primary N) is 2. The molecule has 0 radical (unpaired) electrons. The van der Waals surface area contributed by atoms with E-state index in [0.29, 0.717) is 0 Å². The van der Waals surface area contributed by atoms with Crippen molar-refractivity contribution in [2.24, 2.45) is 16.5 Å². The second-order valence-corrected chi connectivity index (χ2v) is 8.28. The van der Waals surface area contributed by atoms with E-state index in [1.807, 2.05) is 11.2 Å². The van der Waals surface area contributed by atoms with Crippen LogP contribution in [0.4, 0.5) is 11.4 Å². The van der Waals surface area contributed by atoms with Gasteiger partial charge >= 0.3 is 0 Å². The largest absolute Gasteiger partial charge is 0.314 e. The van der Waals surface area contributed by atoms with Gasteiger partial charge in [0, 0.05) is 11.4 Å². The highest BCUT2D eigenvalue weighted by Crippen LogP contribution is 2.45. The van der Waals surface area contributed by atoms with E-state index >= 15 is 0 Å². The topological polar surface area (TPSA) is 70.9 Å². The molecule has 0 bridgehead atoms. The Morgan fingerprint density at radius 1 is 0.926 bits per heavy atom. The molecule has 4 N–H and O–H groups in total. The SMILES string of the molecule is Cc1ccc(N2C=NC3=C(C2N)N(c2c(C)cccc2C)C(N)S3)cc1C. The third kappa shape index (κ3) is 2.94. The predicted molar refractivity (Wildman–Crippen MR) is 116 cm³/mol. The molecule has 0 saturated carbocycles. The zero-order valence-electron chi connectivity index (χ0n) is 16.1. The van der Waals surface area contributed by atoms with Crippen LogP contribution in [0.25, 0.3) is 0 Å². The minimum Gasteiger partial charge on any atom is -0.314 e. The van der Waals surface area contributed by atoms with E-state index in [9.17, 15) is 0 Å². The van der Waals surface area contributed by atoms with Gasteiger partial charge in [0.15, 0.2) is 0 Å². The minimum absolute atomic E-state index is 0.238. The van der Waals surface area contributed by atoms with Gasteiger partial charge < -0.3 is 21.3 Å². The molecular weight excluding hydrogens is 354 g/mol. The molecule has 2 aliphatic rings. The average Bonchev–Trinajstić information content (AvgIpc) is 2.95. The van der Waals surface area contributed by atoms with E-state index in [0.717, 1.165) is 22.1 Å². The van der Waals surface area contributed by atoms with Crippen molar-refractivity contribution in [1.82, 2.24) is 0 Å². The molecule has 0 amide bonds. The van der Waals surface area contributed by atoms with E-state index in [1.165, 1.54) is 22.3 Å². The maximum absolute atomic E-state index is 6.74. The molecule has 6 heteroatoms. The summed E-state index contributed by atoms with van der Waals surface area (Å²) in [5.41, 5.74) is 21.0. The molecule has 0 aliphatic carbocycles. The van der Waals surface area contributed by atoms with Gasteiger partial charge in [-0.3, -0.25) is 0 Å². The van der Waals surface area contributed by atoms with Gasteiger partial charge in [0.25, 0.3) is 0 Å². The number of aryl methyl sites for hydroxylation is 4. The van der Waals surface area contributed by atoms with Gasteiger partial charge in [0.05, 0.1) is 12.0 Å². The minimum atomic E-state index is -0.348. The third-order valence-corrected chi connectivity index (χ3v) is 6.30. The van der Waals surface area contributed by atoms with E-state index in [-0.39, 0.29) is 11.7 Å². The molecule has 2 aromatic carbocycles. The molecule has 2 heterocycles. The van der Waals surface area contributed by atoms with Crippen molar-refractivity contribution in [2.45, 2.75) is 39.4 Å². The third-order valence-electron chi connectivity index (χ3n) is 5.31. The van der Waals surface area contributed by atoms with E-state index < -0.39 is 0 Å². The van der Waals surface area contributed by atoms with Crippen LogP contribution in [0.2, 0.25) is 0 Å². The Morgan fingerprint density at radius 3 is 2.30 bits per heavy atom. The summed E-state index contributed by atoms with van der Waals surface area (Å²) in [5.74, 6) is 0. The Hall–Kier alpha value is -2.28. The highest BCUT2D eigenvalue weighted by atomic mass is 32.2. The summed E-state index contributed by atoms with van der Waals surface area (Å²) in [6, 6.07) is 12.6. The van der Waals surface area contributed by atoms with Gasteiger partial charge in [-0.1, -0.05) is 36.0 Å². The summed E-state index contributed by atoms with van der Waals surface area (Å²) >= 11 is 1.56. The Kier molecular flexibility index (Phi) is 4.50. The van der Waals surface area contributed by atoms with Crippen molar-refractivity contribution in [3.05, 3.63) is 69.4 Å². The Bertz CT molecular complexity index is 945. The lowest BCUT2D eigenvalue weighted by Crippen LogP contribution is -2.51. The van der Waals surface area contributed by atoms with Crippen molar-refractivity contribution in [2.75, 3.05) is 9.80 Å². The van der Waals surface area contributed by atoms with Crippen LogP contribution in [0.1, 0.15) is 22.3 Å².